The third-order valence-corrected chi connectivity index (χ3v) is 6.31. The van der Waals surface area contributed by atoms with Gasteiger partial charge in [-0.1, -0.05) is 28.4 Å². The molecule has 0 radical (unpaired) electrons. The highest BCUT2D eigenvalue weighted by atomic mass is 35.5. The zero-order valence-corrected chi connectivity index (χ0v) is 19.5. The zero-order valence-electron chi connectivity index (χ0n) is 18.0. The molecule has 2 aromatic carbocycles. The summed E-state index contributed by atoms with van der Waals surface area (Å²) in [6.45, 7) is 5.14. The number of aromatic nitrogens is 4. The normalized spacial score (nSPS) is 16.0. The molecule has 33 heavy (non-hydrogen) atoms. The molecule has 1 atom stereocenters. The summed E-state index contributed by atoms with van der Waals surface area (Å²) in [5.41, 5.74) is 9.41. The molecule has 1 aliphatic heterocycles. The predicted molar refractivity (Wildman–Crippen MR) is 127 cm³/mol. The van der Waals surface area contributed by atoms with Crippen LogP contribution in [0.2, 0.25) is 10.0 Å². The Labute approximate surface area is 199 Å². The fraction of sp³-hybridized carbons (Fsp3) is 0.273. The molecule has 2 aromatic heterocycles. The van der Waals surface area contributed by atoms with Gasteiger partial charge in [0.05, 0.1) is 32.4 Å². The highest BCUT2D eigenvalue weighted by Gasteiger charge is 2.28. The molecule has 1 saturated heterocycles. The van der Waals surface area contributed by atoms with Crippen LogP contribution in [-0.4, -0.2) is 45.0 Å². The summed E-state index contributed by atoms with van der Waals surface area (Å²) in [5, 5.41) is 12.5. The number of benzene rings is 2. The van der Waals surface area contributed by atoms with Crippen LogP contribution in [-0.2, 0) is 0 Å². The number of carbonyl (C=O) groups is 1. The number of nitrogens with zero attached hydrogens (tertiary/aromatic N) is 5. The Hall–Kier alpha value is -3.30. The Balaban J connectivity index is 1.34. The van der Waals surface area contributed by atoms with E-state index in [1.807, 2.05) is 19.1 Å². The van der Waals surface area contributed by atoms with Gasteiger partial charge in [-0.25, -0.2) is 9.67 Å². The Kier molecular flexibility index (Phi) is 5.38. The van der Waals surface area contributed by atoms with Gasteiger partial charge in [0.1, 0.15) is 12.2 Å². The number of nitrogens with one attached hydrogen (secondary N) is 1. The van der Waals surface area contributed by atoms with Crippen molar-refractivity contribution in [3.8, 4) is 5.69 Å². The minimum atomic E-state index is -0.323. The second kappa shape index (κ2) is 8.24. The molecule has 1 aliphatic rings. The first-order chi connectivity index (χ1) is 15.8. The average Bonchev–Trinajstić information content (AvgIpc) is 3.48. The van der Waals surface area contributed by atoms with Crippen LogP contribution in [0.15, 0.2) is 35.1 Å². The van der Waals surface area contributed by atoms with E-state index in [0.29, 0.717) is 29.5 Å². The molecule has 0 bridgehead atoms. The number of carbonyl (C=O) groups excluding carboxylic acids is 1. The lowest BCUT2D eigenvalue weighted by atomic mass is 10.1. The van der Waals surface area contributed by atoms with Gasteiger partial charge in [0, 0.05) is 19.1 Å². The Bertz CT molecular complexity index is 1360. The number of anilines is 2. The molecular weight excluding hydrogens is 465 g/mol. The van der Waals surface area contributed by atoms with E-state index in [0.717, 1.165) is 29.6 Å². The Morgan fingerprint density at radius 3 is 2.67 bits per heavy atom. The second-order valence-electron chi connectivity index (χ2n) is 8.15. The van der Waals surface area contributed by atoms with Gasteiger partial charge >= 0.3 is 0 Å². The first-order valence-corrected chi connectivity index (χ1v) is 11.1. The topological polar surface area (TPSA) is 115 Å². The third kappa shape index (κ3) is 3.98. The largest absolute Gasteiger partial charge is 0.380 e. The number of amides is 1. The van der Waals surface area contributed by atoms with Gasteiger partial charge in [-0.3, -0.25) is 4.79 Å². The van der Waals surface area contributed by atoms with E-state index >= 15 is 0 Å². The molecule has 1 amide bonds. The van der Waals surface area contributed by atoms with Crippen molar-refractivity contribution in [2.45, 2.75) is 26.3 Å². The minimum Gasteiger partial charge on any atom is -0.380 e. The number of rotatable bonds is 4. The SMILES string of the molecule is Cc1cc(N2CCC(NC(=O)c3c(Cl)cc(-n4cnc(C)n4)cc3Cl)C2)c2onc(N)c2c1. The van der Waals surface area contributed by atoms with E-state index in [2.05, 4.69) is 25.5 Å². The van der Waals surface area contributed by atoms with Crippen LogP contribution in [0.25, 0.3) is 16.7 Å². The number of halogens is 2. The summed E-state index contributed by atoms with van der Waals surface area (Å²) in [7, 11) is 0. The Morgan fingerprint density at radius 1 is 1.21 bits per heavy atom. The molecule has 0 saturated carbocycles. The van der Waals surface area contributed by atoms with Crippen LogP contribution in [0.5, 0.6) is 0 Å². The lowest BCUT2D eigenvalue weighted by Gasteiger charge is -2.20. The molecule has 3 heterocycles. The molecule has 170 valence electrons. The Morgan fingerprint density at radius 2 is 1.97 bits per heavy atom. The van der Waals surface area contributed by atoms with E-state index in [9.17, 15) is 4.79 Å². The maximum atomic E-state index is 13.0. The summed E-state index contributed by atoms with van der Waals surface area (Å²) in [6, 6.07) is 7.20. The van der Waals surface area contributed by atoms with Crippen molar-refractivity contribution in [1.29, 1.82) is 0 Å². The van der Waals surface area contributed by atoms with Crippen molar-refractivity contribution in [3.63, 3.8) is 0 Å². The highest BCUT2D eigenvalue weighted by molar-refractivity contribution is 6.40. The first kappa shape index (κ1) is 21.5. The maximum absolute atomic E-state index is 13.0. The van der Waals surface area contributed by atoms with E-state index in [4.69, 9.17) is 33.5 Å². The number of nitrogen functional groups attached to an aromatic ring is 1. The van der Waals surface area contributed by atoms with Crippen molar-refractivity contribution < 1.29 is 9.32 Å². The third-order valence-electron chi connectivity index (χ3n) is 5.71. The van der Waals surface area contributed by atoms with Crippen molar-refractivity contribution in [2.75, 3.05) is 23.7 Å². The summed E-state index contributed by atoms with van der Waals surface area (Å²) < 4.78 is 7.02. The molecule has 1 unspecified atom stereocenters. The predicted octanol–water partition coefficient (Wildman–Crippen LogP) is 3.92. The monoisotopic (exact) mass is 485 g/mol. The summed E-state index contributed by atoms with van der Waals surface area (Å²) in [6.07, 6.45) is 2.32. The lowest BCUT2D eigenvalue weighted by molar-refractivity contribution is 0.0940. The molecule has 3 N–H and O–H groups in total. The van der Waals surface area contributed by atoms with Gasteiger partial charge in [-0.2, -0.15) is 5.10 Å². The molecular formula is C22H21Cl2N7O2. The molecule has 11 heteroatoms. The van der Waals surface area contributed by atoms with Crippen LogP contribution in [0.3, 0.4) is 0 Å². The van der Waals surface area contributed by atoms with E-state index in [-0.39, 0.29) is 27.6 Å². The minimum absolute atomic E-state index is 0.0851. The zero-order chi connectivity index (χ0) is 23.3. The van der Waals surface area contributed by atoms with Crippen LogP contribution < -0.4 is 16.0 Å². The maximum Gasteiger partial charge on any atom is 0.254 e. The quantitative estimate of drug-likeness (QED) is 0.449. The van der Waals surface area contributed by atoms with Crippen molar-refractivity contribution in [3.05, 3.63) is 57.6 Å². The molecule has 4 aromatic rings. The van der Waals surface area contributed by atoms with E-state index in [1.54, 1.807) is 30.1 Å². The number of aryl methyl sites for hydroxylation is 2. The first-order valence-electron chi connectivity index (χ1n) is 10.4. The van der Waals surface area contributed by atoms with Gasteiger partial charge in [-0.15, -0.1) is 0 Å². The van der Waals surface area contributed by atoms with Gasteiger partial charge < -0.3 is 20.5 Å². The number of nitrogens with two attached hydrogens (primary N) is 1. The lowest BCUT2D eigenvalue weighted by Crippen LogP contribution is -2.37. The van der Waals surface area contributed by atoms with Crippen molar-refractivity contribution >= 4 is 51.6 Å². The fourth-order valence-corrected chi connectivity index (χ4v) is 4.80. The van der Waals surface area contributed by atoms with Gasteiger partial charge in [0.25, 0.3) is 5.91 Å². The van der Waals surface area contributed by atoms with Crippen molar-refractivity contribution in [1.82, 2.24) is 25.2 Å². The van der Waals surface area contributed by atoms with Crippen LogP contribution >= 0.6 is 23.2 Å². The van der Waals surface area contributed by atoms with Gasteiger partial charge in [-0.05, 0) is 50.1 Å². The van der Waals surface area contributed by atoms with Crippen LogP contribution in [0.1, 0.15) is 28.2 Å². The van der Waals surface area contributed by atoms with Gasteiger partial charge in [0.2, 0.25) is 0 Å². The summed E-state index contributed by atoms with van der Waals surface area (Å²) >= 11 is 12.9. The van der Waals surface area contributed by atoms with Crippen molar-refractivity contribution in [2.24, 2.45) is 0 Å². The second-order valence-corrected chi connectivity index (χ2v) is 8.97. The summed E-state index contributed by atoms with van der Waals surface area (Å²) in [4.78, 5) is 19.3. The average molecular weight is 486 g/mol. The molecule has 5 rings (SSSR count). The number of hydrogen-bond acceptors (Lipinski definition) is 7. The molecule has 1 fully saturated rings. The standard InChI is InChI=1S/C22H21Cl2N7O2/c1-11-5-15-20(33-29-21(15)25)18(6-11)30-4-3-13(9-30)27-22(32)19-16(23)7-14(8-17(19)24)31-10-26-12(2)28-31/h5-8,10,13H,3-4,9H2,1-2H3,(H2,25,29)(H,27,32). The molecule has 0 spiro atoms. The van der Waals surface area contributed by atoms with E-state index in [1.165, 1.54) is 0 Å². The van der Waals surface area contributed by atoms with Crippen LogP contribution in [0, 0.1) is 13.8 Å². The van der Waals surface area contributed by atoms with Crippen LogP contribution in [0.4, 0.5) is 11.5 Å². The number of fused-ring (bicyclic) bond motifs is 1. The van der Waals surface area contributed by atoms with E-state index < -0.39 is 0 Å². The summed E-state index contributed by atoms with van der Waals surface area (Å²) in [5.74, 6) is 0.665. The van der Waals surface area contributed by atoms with Gasteiger partial charge in [0.15, 0.2) is 11.4 Å². The molecule has 9 nitrogen and oxygen atoms in total. The number of hydrogen-bond donors (Lipinski definition) is 2. The molecule has 0 aliphatic carbocycles. The highest BCUT2D eigenvalue weighted by Crippen LogP contribution is 2.34. The fourth-order valence-electron chi connectivity index (χ4n) is 4.15. The smallest absolute Gasteiger partial charge is 0.254 e.